The minimum Gasteiger partial charge on any atom is -0.451 e. The summed E-state index contributed by atoms with van der Waals surface area (Å²) < 4.78 is 5.64. The standard InChI is InChI=1S/C16H18ClNO2/c1-11(2)10-18(3)16(19)15-9-8-14(20-15)12-6-4-5-7-13(12)17/h4-9,11H,10H2,1-3H3. The van der Waals surface area contributed by atoms with E-state index in [-0.39, 0.29) is 5.91 Å². The molecule has 2 aromatic rings. The molecule has 0 saturated carbocycles. The van der Waals surface area contributed by atoms with Crippen LogP contribution in [0.15, 0.2) is 40.8 Å². The summed E-state index contributed by atoms with van der Waals surface area (Å²) in [6.45, 7) is 4.84. The summed E-state index contributed by atoms with van der Waals surface area (Å²) in [4.78, 5) is 13.9. The fourth-order valence-electron chi connectivity index (χ4n) is 2.08. The van der Waals surface area contributed by atoms with Crippen LogP contribution in [0.3, 0.4) is 0 Å². The van der Waals surface area contributed by atoms with E-state index in [1.807, 2.05) is 18.2 Å². The SMILES string of the molecule is CC(C)CN(C)C(=O)c1ccc(-c2ccccc2Cl)o1. The van der Waals surface area contributed by atoms with Crippen LogP contribution in [-0.2, 0) is 0 Å². The molecule has 0 N–H and O–H groups in total. The van der Waals surface area contributed by atoms with E-state index in [0.717, 1.165) is 5.56 Å². The third-order valence-electron chi connectivity index (χ3n) is 2.94. The second kappa shape index (κ2) is 6.14. The molecule has 3 nitrogen and oxygen atoms in total. The van der Waals surface area contributed by atoms with Gasteiger partial charge in [-0.15, -0.1) is 0 Å². The first kappa shape index (κ1) is 14.7. The molecule has 0 radical (unpaired) electrons. The van der Waals surface area contributed by atoms with Gasteiger partial charge in [0.2, 0.25) is 0 Å². The van der Waals surface area contributed by atoms with Gasteiger partial charge in [-0.05, 0) is 30.2 Å². The Balaban J connectivity index is 2.21. The minimum atomic E-state index is -0.114. The minimum absolute atomic E-state index is 0.114. The number of nitrogens with zero attached hydrogens (tertiary/aromatic N) is 1. The van der Waals surface area contributed by atoms with E-state index in [4.69, 9.17) is 16.0 Å². The zero-order valence-corrected chi connectivity index (χ0v) is 12.6. The van der Waals surface area contributed by atoms with Gasteiger partial charge in [0.15, 0.2) is 5.76 Å². The molecule has 1 aromatic carbocycles. The van der Waals surface area contributed by atoms with Crippen LogP contribution in [0.5, 0.6) is 0 Å². The van der Waals surface area contributed by atoms with Crippen molar-refractivity contribution >= 4 is 17.5 Å². The zero-order valence-electron chi connectivity index (χ0n) is 11.9. The molecule has 0 saturated heterocycles. The number of amides is 1. The topological polar surface area (TPSA) is 33.5 Å². The molecule has 1 heterocycles. The van der Waals surface area contributed by atoms with Crippen LogP contribution in [0.1, 0.15) is 24.4 Å². The zero-order chi connectivity index (χ0) is 14.7. The molecule has 0 aliphatic carbocycles. The molecule has 1 amide bonds. The lowest BCUT2D eigenvalue weighted by Crippen LogP contribution is -2.29. The van der Waals surface area contributed by atoms with E-state index < -0.39 is 0 Å². The third kappa shape index (κ3) is 3.23. The number of carbonyl (C=O) groups is 1. The van der Waals surface area contributed by atoms with Gasteiger partial charge in [-0.3, -0.25) is 4.79 Å². The van der Waals surface area contributed by atoms with Crippen molar-refractivity contribution in [2.45, 2.75) is 13.8 Å². The Morgan fingerprint density at radius 2 is 1.95 bits per heavy atom. The molecule has 2 rings (SSSR count). The van der Waals surface area contributed by atoms with Crippen LogP contribution >= 0.6 is 11.6 Å². The third-order valence-corrected chi connectivity index (χ3v) is 3.27. The van der Waals surface area contributed by atoms with Crippen molar-refractivity contribution in [1.29, 1.82) is 0 Å². The van der Waals surface area contributed by atoms with E-state index in [1.165, 1.54) is 0 Å². The van der Waals surface area contributed by atoms with Gasteiger partial charge < -0.3 is 9.32 Å². The lowest BCUT2D eigenvalue weighted by Gasteiger charge is -2.17. The fraction of sp³-hybridized carbons (Fsp3) is 0.312. The Morgan fingerprint density at radius 3 is 2.60 bits per heavy atom. The predicted molar refractivity (Wildman–Crippen MR) is 81.0 cm³/mol. The largest absolute Gasteiger partial charge is 0.451 e. The summed E-state index contributed by atoms with van der Waals surface area (Å²) >= 11 is 6.12. The number of furan rings is 1. The summed E-state index contributed by atoms with van der Waals surface area (Å²) in [5.74, 6) is 1.25. The Kier molecular flexibility index (Phi) is 4.50. The Hall–Kier alpha value is -1.74. The van der Waals surface area contributed by atoms with Crippen molar-refractivity contribution < 1.29 is 9.21 Å². The van der Waals surface area contributed by atoms with Crippen molar-refractivity contribution in [1.82, 2.24) is 4.90 Å². The van der Waals surface area contributed by atoms with E-state index in [9.17, 15) is 4.79 Å². The van der Waals surface area contributed by atoms with E-state index in [1.54, 1.807) is 30.1 Å². The maximum Gasteiger partial charge on any atom is 0.289 e. The highest BCUT2D eigenvalue weighted by Crippen LogP contribution is 2.29. The molecule has 0 aliphatic heterocycles. The summed E-state index contributed by atoms with van der Waals surface area (Å²) in [7, 11) is 1.78. The smallest absolute Gasteiger partial charge is 0.289 e. The van der Waals surface area contributed by atoms with Gasteiger partial charge in [-0.25, -0.2) is 0 Å². The first-order valence-corrected chi connectivity index (χ1v) is 6.97. The first-order valence-electron chi connectivity index (χ1n) is 6.59. The quantitative estimate of drug-likeness (QED) is 0.840. The molecule has 0 unspecified atom stereocenters. The summed E-state index contributed by atoms with van der Waals surface area (Å²) in [5.41, 5.74) is 0.791. The van der Waals surface area contributed by atoms with Gasteiger partial charge in [0.1, 0.15) is 5.76 Å². The number of carbonyl (C=O) groups excluding carboxylic acids is 1. The Morgan fingerprint density at radius 1 is 1.25 bits per heavy atom. The fourth-order valence-corrected chi connectivity index (χ4v) is 2.31. The Labute approximate surface area is 124 Å². The average molecular weight is 292 g/mol. The molecule has 0 spiro atoms. The van der Waals surface area contributed by atoms with Gasteiger partial charge >= 0.3 is 0 Å². The monoisotopic (exact) mass is 291 g/mol. The van der Waals surface area contributed by atoms with Crippen molar-refractivity contribution in [2.24, 2.45) is 5.92 Å². The van der Waals surface area contributed by atoms with Crippen LogP contribution in [0.25, 0.3) is 11.3 Å². The van der Waals surface area contributed by atoms with Gasteiger partial charge in [-0.1, -0.05) is 37.6 Å². The van der Waals surface area contributed by atoms with Gasteiger partial charge in [0.25, 0.3) is 5.91 Å². The second-order valence-corrected chi connectivity index (χ2v) is 5.63. The van der Waals surface area contributed by atoms with Crippen LogP contribution in [0, 0.1) is 5.92 Å². The highest BCUT2D eigenvalue weighted by molar-refractivity contribution is 6.33. The number of halogens is 1. The highest BCUT2D eigenvalue weighted by Gasteiger charge is 2.17. The summed E-state index contributed by atoms with van der Waals surface area (Å²) in [6.07, 6.45) is 0. The molecule has 0 fully saturated rings. The van der Waals surface area contributed by atoms with Gasteiger partial charge in [0, 0.05) is 19.2 Å². The maximum atomic E-state index is 12.2. The van der Waals surface area contributed by atoms with Crippen molar-refractivity contribution in [3.63, 3.8) is 0 Å². The summed E-state index contributed by atoms with van der Waals surface area (Å²) in [5, 5.41) is 0.608. The molecule has 0 aliphatic rings. The van der Waals surface area contributed by atoms with Crippen molar-refractivity contribution in [2.75, 3.05) is 13.6 Å². The van der Waals surface area contributed by atoms with Crippen molar-refractivity contribution in [3.8, 4) is 11.3 Å². The predicted octanol–water partition coefficient (Wildman–Crippen LogP) is 4.33. The number of rotatable bonds is 4. The lowest BCUT2D eigenvalue weighted by atomic mass is 10.2. The highest BCUT2D eigenvalue weighted by atomic mass is 35.5. The normalized spacial score (nSPS) is 10.8. The second-order valence-electron chi connectivity index (χ2n) is 5.22. The molecule has 20 heavy (non-hydrogen) atoms. The molecule has 4 heteroatoms. The molecule has 0 bridgehead atoms. The van der Waals surface area contributed by atoms with Crippen LogP contribution in [-0.4, -0.2) is 24.4 Å². The number of benzene rings is 1. The van der Waals surface area contributed by atoms with E-state index in [2.05, 4.69) is 13.8 Å². The summed E-state index contributed by atoms with van der Waals surface area (Å²) in [6, 6.07) is 10.9. The first-order chi connectivity index (χ1) is 9.49. The Bertz CT molecular complexity index is 604. The maximum absolute atomic E-state index is 12.2. The van der Waals surface area contributed by atoms with E-state index >= 15 is 0 Å². The molecular weight excluding hydrogens is 274 g/mol. The molecule has 1 aromatic heterocycles. The number of hydrogen-bond acceptors (Lipinski definition) is 2. The van der Waals surface area contributed by atoms with Gasteiger partial charge in [-0.2, -0.15) is 0 Å². The van der Waals surface area contributed by atoms with Crippen LogP contribution in [0.4, 0.5) is 0 Å². The average Bonchev–Trinajstić information content (AvgIpc) is 2.87. The van der Waals surface area contributed by atoms with Crippen molar-refractivity contribution in [3.05, 3.63) is 47.2 Å². The van der Waals surface area contributed by atoms with Crippen LogP contribution < -0.4 is 0 Å². The van der Waals surface area contributed by atoms with Gasteiger partial charge in [0.05, 0.1) is 5.02 Å². The number of hydrogen-bond donors (Lipinski definition) is 0. The molecule has 0 atom stereocenters. The molecular formula is C16H18ClNO2. The lowest BCUT2D eigenvalue weighted by molar-refractivity contribution is 0.0748. The van der Waals surface area contributed by atoms with E-state index in [0.29, 0.717) is 29.0 Å². The van der Waals surface area contributed by atoms with Crippen LogP contribution in [0.2, 0.25) is 5.02 Å². The molecule has 106 valence electrons.